The van der Waals surface area contributed by atoms with Gasteiger partial charge in [-0.2, -0.15) is 0 Å². The highest BCUT2D eigenvalue weighted by Crippen LogP contribution is 2.27. The Balaban J connectivity index is 1.84. The Bertz CT molecular complexity index is 414. The summed E-state index contributed by atoms with van der Waals surface area (Å²) in [6.45, 7) is 11.4. The summed E-state index contributed by atoms with van der Waals surface area (Å²) in [4.78, 5) is 6.48. The van der Waals surface area contributed by atoms with Crippen LogP contribution < -0.4 is 0 Å². The number of rotatable bonds is 5. The number of nitrogens with zero attached hydrogens (tertiary/aromatic N) is 3. The minimum absolute atomic E-state index is 0.198. The Hall–Kier alpha value is -0.910. The molecule has 1 aliphatic heterocycles. The zero-order valence-corrected chi connectivity index (χ0v) is 13.7. The zero-order chi connectivity index (χ0) is 15.5. The highest BCUT2D eigenvalue weighted by atomic mass is 16.5. The molecule has 5 nitrogen and oxygen atoms in total. The fourth-order valence-corrected chi connectivity index (χ4v) is 2.83. The summed E-state index contributed by atoms with van der Waals surface area (Å²) in [6, 6.07) is 0.442. The molecule has 1 N–H and O–H groups in total. The van der Waals surface area contributed by atoms with Crippen LogP contribution in [0.1, 0.15) is 40.2 Å². The van der Waals surface area contributed by atoms with Crippen molar-refractivity contribution < 1.29 is 9.84 Å². The van der Waals surface area contributed by atoms with E-state index < -0.39 is 6.10 Å². The van der Waals surface area contributed by atoms with Gasteiger partial charge in [0.1, 0.15) is 0 Å². The lowest BCUT2D eigenvalue weighted by Gasteiger charge is -2.38. The fraction of sp³-hybridized carbons (Fsp3) is 0.812. The molecule has 1 saturated heterocycles. The van der Waals surface area contributed by atoms with Gasteiger partial charge in [-0.25, -0.2) is 4.98 Å². The van der Waals surface area contributed by atoms with E-state index in [0.717, 1.165) is 19.5 Å². The first-order valence-electron chi connectivity index (χ1n) is 7.87. The number of piperidine rings is 1. The molecule has 0 aliphatic carbocycles. The van der Waals surface area contributed by atoms with Crippen LogP contribution in [0.3, 0.4) is 0 Å². The van der Waals surface area contributed by atoms with E-state index in [0.29, 0.717) is 25.1 Å². The number of aliphatic hydroxyl groups excluding tert-OH is 1. The maximum atomic E-state index is 10.2. The van der Waals surface area contributed by atoms with Gasteiger partial charge in [0.15, 0.2) is 0 Å². The smallest absolute Gasteiger partial charge is 0.0949 e. The van der Waals surface area contributed by atoms with E-state index in [4.69, 9.17) is 4.74 Å². The minimum atomic E-state index is -0.430. The summed E-state index contributed by atoms with van der Waals surface area (Å²) in [7, 11) is 0. The molecule has 1 aromatic rings. The van der Waals surface area contributed by atoms with Gasteiger partial charge in [-0.15, -0.1) is 0 Å². The SMILES string of the molecule is CC1CCN(CC(O)COC(C)(C)C)CC1n1ccnc1. The molecule has 3 unspecified atom stereocenters. The van der Waals surface area contributed by atoms with Crippen LogP contribution in [-0.2, 0) is 4.74 Å². The average molecular weight is 295 g/mol. The van der Waals surface area contributed by atoms with Crippen LogP contribution >= 0.6 is 0 Å². The van der Waals surface area contributed by atoms with Gasteiger partial charge in [-0.3, -0.25) is 4.90 Å². The van der Waals surface area contributed by atoms with Crippen LogP contribution in [0.15, 0.2) is 18.7 Å². The Morgan fingerprint density at radius 1 is 1.43 bits per heavy atom. The second-order valence-electron chi connectivity index (χ2n) is 7.18. The summed E-state index contributed by atoms with van der Waals surface area (Å²) in [5.74, 6) is 0.637. The Morgan fingerprint density at radius 3 is 2.81 bits per heavy atom. The Labute approximate surface area is 127 Å². The maximum Gasteiger partial charge on any atom is 0.0949 e. The van der Waals surface area contributed by atoms with E-state index in [2.05, 4.69) is 21.4 Å². The van der Waals surface area contributed by atoms with Crippen molar-refractivity contribution in [2.24, 2.45) is 5.92 Å². The molecule has 2 heterocycles. The van der Waals surface area contributed by atoms with Crippen LogP contribution in [0.25, 0.3) is 0 Å². The predicted octanol–water partition coefficient (Wildman–Crippen LogP) is 1.94. The minimum Gasteiger partial charge on any atom is -0.389 e. The van der Waals surface area contributed by atoms with Crippen LogP contribution in [0.4, 0.5) is 0 Å². The molecule has 0 radical (unpaired) electrons. The van der Waals surface area contributed by atoms with Gasteiger partial charge in [-0.1, -0.05) is 6.92 Å². The Morgan fingerprint density at radius 2 is 2.19 bits per heavy atom. The van der Waals surface area contributed by atoms with Crippen LogP contribution in [0.2, 0.25) is 0 Å². The largest absolute Gasteiger partial charge is 0.389 e. The van der Waals surface area contributed by atoms with Crippen molar-refractivity contribution in [3.63, 3.8) is 0 Å². The number of ether oxygens (including phenoxy) is 1. The molecule has 21 heavy (non-hydrogen) atoms. The molecule has 0 amide bonds. The molecule has 1 aliphatic rings. The van der Waals surface area contributed by atoms with Gasteiger partial charge in [0.25, 0.3) is 0 Å². The van der Waals surface area contributed by atoms with E-state index in [1.54, 1.807) is 0 Å². The third-order valence-corrected chi connectivity index (χ3v) is 4.09. The summed E-state index contributed by atoms with van der Waals surface area (Å²) >= 11 is 0. The molecule has 0 bridgehead atoms. The standard InChI is InChI=1S/C16H29N3O2/c1-13-5-7-18(9-14(20)11-21-16(2,3)4)10-15(13)19-8-6-17-12-19/h6,8,12-15,20H,5,7,9-11H2,1-4H3. The summed E-state index contributed by atoms with van der Waals surface area (Å²) in [5, 5.41) is 10.2. The monoisotopic (exact) mass is 295 g/mol. The van der Waals surface area contributed by atoms with Crippen molar-refractivity contribution >= 4 is 0 Å². The number of aromatic nitrogens is 2. The van der Waals surface area contributed by atoms with Gasteiger partial charge in [-0.05, 0) is 39.7 Å². The number of imidazole rings is 1. The predicted molar refractivity (Wildman–Crippen MR) is 83.2 cm³/mol. The second-order valence-corrected chi connectivity index (χ2v) is 7.18. The van der Waals surface area contributed by atoms with E-state index in [1.807, 2.05) is 39.5 Å². The summed E-state index contributed by atoms with van der Waals surface area (Å²) in [6.07, 6.45) is 6.47. The molecule has 3 atom stereocenters. The van der Waals surface area contributed by atoms with Crippen molar-refractivity contribution in [1.82, 2.24) is 14.5 Å². The summed E-state index contributed by atoms with van der Waals surface area (Å²) < 4.78 is 7.85. The van der Waals surface area contributed by atoms with Crippen molar-refractivity contribution in [3.8, 4) is 0 Å². The molecular weight excluding hydrogens is 266 g/mol. The number of hydrogen-bond acceptors (Lipinski definition) is 4. The molecule has 5 heteroatoms. The van der Waals surface area contributed by atoms with E-state index in [1.165, 1.54) is 0 Å². The highest BCUT2D eigenvalue weighted by Gasteiger charge is 2.28. The molecular formula is C16H29N3O2. The van der Waals surface area contributed by atoms with Gasteiger partial charge in [0.2, 0.25) is 0 Å². The molecule has 0 aromatic carbocycles. The molecule has 1 fully saturated rings. The van der Waals surface area contributed by atoms with Crippen LogP contribution in [0.5, 0.6) is 0 Å². The molecule has 0 spiro atoms. The van der Waals surface area contributed by atoms with Crippen molar-refractivity contribution in [2.75, 3.05) is 26.2 Å². The first-order chi connectivity index (χ1) is 9.85. The van der Waals surface area contributed by atoms with Gasteiger partial charge in [0, 0.05) is 31.5 Å². The lowest BCUT2D eigenvalue weighted by molar-refractivity contribution is -0.0593. The van der Waals surface area contributed by atoms with Crippen LogP contribution in [0, 0.1) is 5.92 Å². The first kappa shape index (κ1) is 16.5. The third-order valence-electron chi connectivity index (χ3n) is 4.09. The van der Waals surface area contributed by atoms with Crippen LogP contribution in [-0.4, -0.2) is 57.5 Å². The highest BCUT2D eigenvalue weighted by molar-refractivity contribution is 4.88. The Kier molecular flexibility index (Phi) is 5.41. The lowest BCUT2D eigenvalue weighted by atomic mass is 9.93. The fourth-order valence-electron chi connectivity index (χ4n) is 2.83. The number of hydrogen-bond donors (Lipinski definition) is 1. The number of aliphatic hydroxyl groups is 1. The van der Waals surface area contributed by atoms with Crippen molar-refractivity contribution in [2.45, 2.75) is 51.9 Å². The van der Waals surface area contributed by atoms with E-state index in [-0.39, 0.29) is 5.60 Å². The summed E-state index contributed by atoms with van der Waals surface area (Å²) in [5.41, 5.74) is -0.198. The second kappa shape index (κ2) is 6.90. The van der Waals surface area contributed by atoms with E-state index in [9.17, 15) is 5.11 Å². The van der Waals surface area contributed by atoms with E-state index >= 15 is 0 Å². The van der Waals surface area contributed by atoms with Gasteiger partial charge in [0.05, 0.1) is 24.6 Å². The topological polar surface area (TPSA) is 50.5 Å². The zero-order valence-electron chi connectivity index (χ0n) is 13.7. The van der Waals surface area contributed by atoms with Gasteiger partial charge < -0.3 is 14.4 Å². The average Bonchev–Trinajstić information content (AvgIpc) is 2.92. The first-order valence-corrected chi connectivity index (χ1v) is 7.87. The molecule has 2 rings (SSSR count). The number of likely N-dealkylation sites (tertiary alicyclic amines) is 1. The number of β-amino-alcohol motifs (C(OH)–C–C–N with tert-alkyl or cyclic N) is 1. The molecule has 120 valence electrons. The van der Waals surface area contributed by atoms with Gasteiger partial charge >= 0.3 is 0 Å². The third kappa shape index (κ3) is 5.09. The molecule has 0 saturated carbocycles. The normalized spacial score (nSPS) is 26.0. The molecule has 1 aromatic heterocycles. The quantitative estimate of drug-likeness (QED) is 0.902. The lowest BCUT2D eigenvalue weighted by Crippen LogP contribution is -2.45. The van der Waals surface area contributed by atoms with Crippen molar-refractivity contribution in [1.29, 1.82) is 0 Å². The maximum absolute atomic E-state index is 10.2. The van der Waals surface area contributed by atoms with Crippen molar-refractivity contribution in [3.05, 3.63) is 18.7 Å².